The van der Waals surface area contributed by atoms with Crippen molar-refractivity contribution in [3.8, 4) is 11.5 Å². The van der Waals surface area contributed by atoms with Gasteiger partial charge in [-0.3, -0.25) is 4.79 Å². The maximum Gasteiger partial charge on any atom is 0.410 e. The number of primary amides is 1. The summed E-state index contributed by atoms with van der Waals surface area (Å²) in [6, 6.07) is 5.68. The van der Waals surface area contributed by atoms with Crippen LogP contribution in [0.4, 0.5) is 4.79 Å². The van der Waals surface area contributed by atoms with Crippen molar-refractivity contribution in [1.29, 1.82) is 0 Å². The molecule has 2 saturated heterocycles. The molecular weight excluding hydrogens is 484 g/mol. The van der Waals surface area contributed by atoms with Crippen molar-refractivity contribution in [3.63, 3.8) is 0 Å². The Bertz CT molecular complexity index is 1060. The van der Waals surface area contributed by atoms with Gasteiger partial charge in [0.2, 0.25) is 0 Å². The molecule has 3 aliphatic heterocycles. The monoisotopic (exact) mass is 528 g/mol. The number of likely N-dealkylation sites (tertiary alicyclic amines) is 1. The van der Waals surface area contributed by atoms with Gasteiger partial charge in [0.1, 0.15) is 22.7 Å². The first-order chi connectivity index (χ1) is 17.8. The van der Waals surface area contributed by atoms with E-state index in [1.54, 1.807) is 0 Å². The molecule has 38 heavy (non-hydrogen) atoms. The van der Waals surface area contributed by atoms with E-state index >= 15 is 0 Å². The van der Waals surface area contributed by atoms with Gasteiger partial charge < -0.3 is 29.6 Å². The van der Waals surface area contributed by atoms with Gasteiger partial charge in [-0.05, 0) is 91.2 Å². The lowest BCUT2D eigenvalue weighted by Crippen LogP contribution is -2.56. The molecule has 1 spiro atoms. The average molecular weight is 529 g/mol. The standard InChI is InChI=1S/C30H44N2O6/c1-20(2)8-7-11-29(6)23-17-30(12-14-32(15-13-30)27(34)38-28(3,4)5)19-36-26(23)22-10-9-21(16-24(22)37-29)35-18-25(31)33/h8-10,16,23,26H,7,11-15,17-19H2,1-6H3,(H2,31,33)/t23-,26+,29-/m0/s1. The van der Waals surface area contributed by atoms with Gasteiger partial charge in [-0.2, -0.15) is 0 Å². The van der Waals surface area contributed by atoms with Crippen LogP contribution in [-0.4, -0.2) is 54.4 Å². The fourth-order valence-electron chi connectivity index (χ4n) is 5.99. The zero-order chi connectivity index (χ0) is 27.7. The van der Waals surface area contributed by atoms with Crippen LogP contribution in [0.1, 0.15) is 85.3 Å². The van der Waals surface area contributed by atoms with Crippen molar-refractivity contribution < 1.29 is 28.5 Å². The molecule has 1 aromatic carbocycles. The highest BCUT2D eigenvalue weighted by molar-refractivity contribution is 5.75. The Kier molecular flexibility index (Phi) is 8.03. The summed E-state index contributed by atoms with van der Waals surface area (Å²) in [5.41, 5.74) is 6.62. The zero-order valence-corrected chi connectivity index (χ0v) is 23.8. The van der Waals surface area contributed by atoms with Crippen LogP contribution in [-0.2, 0) is 14.3 Å². The molecule has 2 fully saturated rings. The Morgan fingerprint density at radius 1 is 1.21 bits per heavy atom. The molecule has 2 amide bonds. The fraction of sp³-hybridized carbons (Fsp3) is 0.667. The minimum absolute atomic E-state index is 0.00283. The number of benzene rings is 1. The second-order valence-corrected chi connectivity index (χ2v) is 12.7. The number of carbonyl (C=O) groups is 2. The van der Waals surface area contributed by atoms with Crippen molar-refractivity contribution in [2.75, 3.05) is 26.3 Å². The van der Waals surface area contributed by atoms with Crippen LogP contribution in [0.15, 0.2) is 29.8 Å². The normalized spacial score (nSPS) is 26.0. The van der Waals surface area contributed by atoms with Gasteiger partial charge in [-0.1, -0.05) is 11.6 Å². The van der Waals surface area contributed by atoms with Crippen LogP contribution in [0.3, 0.4) is 0 Å². The Morgan fingerprint density at radius 3 is 2.55 bits per heavy atom. The molecule has 210 valence electrons. The molecule has 3 atom stereocenters. The highest BCUT2D eigenvalue weighted by atomic mass is 16.6. The lowest BCUT2D eigenvalue weighted by atomic mass is 9.63. The van der Waals surface area contributed by atoms with Gasteiger partial charge in [0.15, 0.2) is 6.61 Å². The highest BCUT2D eigenvalue weighted by Crippen LogP contribution is 2.57. The van der Waals surface area contributed by atoms with Crippen molar-refractivity contribution in [2.45, 2.75) is 91.0 Å². The van der Waals surface area contributed by atoms with Crippen molar-refractivity contribution in [2.24, 2.45) is 17.1 Å². The lowest BCUT2D eigenvalue weighted by Gasteiger charge is -2.55. The van der Waals surface area contributed by atoms with Crippen molar-refractivity contribution in [1.82, 2.24) is 4.90 Å². The van der Waals surface area contributed by atoms with Crippen LogP contribution in [0.2, 0.25) is 0 Å². The van der Waals surface area contributed by atoms with E-state index in [4.69, 9.17) is 24.7 Å². The van der Waals surface area contributed by atoms with Crippen LogP contribution >= 0.6 is 0 Å². The molecule has 0 saturated carbocycles. The smallest absolute Gasteiger partial charge is 0.410 e. The summed E-state index contributed by atoms with van der Waals surface area (Å²) >= 11 is 0. The van der Waals surface area contributed by atoms with Crippen LogP contribution in [0, 0.1) is 11.3 Å². The summed E-state index contributed by atoms with van der Waals surface area (Å²) in [6.45, 7) is 13.9. The number of nitrogens with two attached hydrogens (primary N) is 1. The molecular formula is C30H44N2O6. The topological polar surface area (TPSA) is 100 Å². The van der Waals surface area contributed by atoms with E-state index in [2.05, 4.69) is 26.8 Å². The molecule has 4 rings (SSSR count). The number of fused-ring (bicyclic) bond motifs is 3. The van der Waals surface area contributed by atoms with E-state index in [9.17, 15) is 9.59 Å². The fourth-order valence-corrected chi connectivity index (χ4v) is 5.99. The molecule has 0 aliphatic carbocycles. The molecule has 0 unspecified atom stereocenters. The second kappa shape index (κ2) is 10.8. The predicted octanol–water partition coefficient (Wildman–Crippen LogP) is 5.54. The number of carbonyl (C=O) groups excluding carboxylic acids is 2. The molecule has 3 aliphatic rings. The number of amides is 2. The van der Waals surface area contributed by atoms with Crippen LogP contribution < -0.4 is 15.2 Å². The molecule has 8 heteroatoms. The highest BCUT2D eigenvalue weighted by Gasteiger charge is 2.54. The van der Waals surface area contributed by atoms with Crippen LogP contribution in [0.25, 0.3) is 0 Å². The molecule has 0 radical (unpaired) electrons. The minimum atomic E-state index is -0.520. The summed E-state index contributed by atoms with van der Waals surface area (Å²) in [5.74, 6) is 0.937. The average Bonchev–Trinajstić information content (AvgIpc) is 2.82. The molecule has 3 heterocycles. The first kappa shape index (κ1) is 28.3. The summed E-state index contributed by atoms with van der Waals surface area (Å²) in [7, 11) is 0. The Labute approximate surface area is 226 Å². The van der Waals surface area contributed by atoms with Gasteiger partial charge >= 0.3 is 6.09 Å². The largest absolute Gasteiger partial charge is 0.487 e. The second-order valence-electron chi connectivity index (χ2n) is 12.7. The van der Waals surface area contributed by atoms with E-state index < -0.39 is 17.1 Å². The number of allylic oxidation sites excluding steroid dienone is 2. The molecule has 0 aromatic heterocycles. The molecule has 8 nitrogen and oxygen atoms in total. The first-order valence-corrected chi connectivity index (χ1v) is 13.8. The number of hydrogen-bond donors (Lipinski definition) is 1. The summed E-state index contributed by atoms with van der Waals surface area (Å²) in [5, 5.41) is 0. The molecule has 2 N–H and O–H groups in total. The third-order valence-electron chi connectivity index (χ3n) is 8.06. The summed E-state index contributed by atoms with van der Waals surface area (Å²) in [4.78, 5) is 25.7. The van der Waals surface area contributed by atoms with Crippen molar-refractivity contribution >= 4 is 12.0 Å². The number of rotatable bonds is 6. The maximum absolute atomic E-state index is 12.6. The molecule has 1 aromatic rings. The van der Waals surface area contributed by atoms with E-state index in [0.29, 0.717) is 25.4 Å². The van der Waals surface area contributed by atoms with Gasteiger partial charge in [0.25, 0.3) is 5.91 Å². The zero-order valence-electron chi connectivity index (χ0n) is 23.8. The minimum Gasteiger partial charge on any atom is -0.487 e. The third-order valence-corrected chi connectivity index (χ3v) is 8.06. The Balaban J connectivity index is 1.55. The Morgan fingerprint density at radius 2 is 1.92 bits per heavy atom. The quantitative estimate of drug-likeness (QED) is 0.487. The van der Waals surface area contributed by atoms with Gasteiger partial charge in [-0.25, -0.2) is 4.79 Å². The maximum atomic E-state index is 12.6. The van der Waals surface area contributed by atoms with Gasteiger partial charge in [0, 0.05) is 30.6 Å². The number of hydrogen-bond acceptors (Lipinski definition) is 6. The van der Waals surface area contributed by atoms with E-state index in [-0.39, 0.29) is 30.1 Å². The summed E-state index contributed by atoms with van der Waals surface area (Å²) < 4.78 is 24.6. The van der Waals surface area contributed by atoms with Gasteiger partial charge in [0.05, 0.1) is 12.7 Å². The number of ether oxygens (including phenoxy) is 4. The predicted molar refractivity (Wildman–Crippen MR) is 145 cm³/mol. The number of piperidine rings is 1. The van der Waals surface area contributed by atoms with Crippen LogP contribution in [0.5, 0.6) is 11.5 Å². The lowest BCUT2D eigenvalue weighted by molar-refractivity contribution is -0.179. The van der Waals surface area contributed by atoms with E-state index in [0.717, 1.165) is 43.4 Å². The third kappa shape index (κ3) is 6.45. The van der Waals surface area contributed by atoms with E-state index in [1.807, 2.05) is 43.9 Å². The van der Waals surface area contributed by atoms with E-state index in [1.165, 1.54) is 5.57 Å². The Hall–Kier alpha value is -2.74. The molecule has 0 bridgehead atoms. The number of nitrogens with zero attached hydrogens (tertiary/aromatic N) is 1. The summed E-state index contributed by atoms with van der Waals surface area (Å²) in [6.07, 6.45) is 6.43. The first-order valence-electron chi connectivity index (χ1n) is 13.8. The van der Waals surface area contributed by atoms with Crippen molar-refractivity contribution in [3.05, 3.63) is 35.4 Å². The SMILES string of the molecule is CC(C)=CCC[C@]1(C)Oc2cc(OCC(N)=O)ccc2[C@H]2OCC3(CCN(C(=O)OC(C)(C)C)CC3)C[C@@H]21. The van der Waals surface area contributed by atoms with Gasteiger partial charge in [-0.15, -0.1) is 0 Å².